The number of carboxylic acid groups (broad SMARTS) is 1. The third kappa shape index (κ3) is 3.40. The maximum absolute atomic E-state index is 11.1. The fraction of sp³-hybridized carbons (Fsp3) is 0.143. The normalized spacial score (nSPS) is 10.3. The zero-order valence-corrected chi connectivity index (χ0v) is 12.1. The van der Waals surface area contributed by atoms with Gasteiger partial charge >= 0.3 is 5.97 Å². The van der Waals surface area contributed by atoms with Crippen molar-refractivity contribution < 1.29 is 14.6 Å². The molecule has 0 fully saturated rings. The van der Waals surface area contributed by atoms with Crippen molar-refractivity contribution in [3.05, 3.63) is 57.3 Å². The van der Waals surface area contributed by atoms with Crippen LogP contribution in [0.1, 0.15) is 21.7 Å². The number of ether oxygens (including phenoxy) is 1. The van der Waals surface area contributed by atoms with Crippen LogP contribution in [0.4, 0.5) is 0 Å². The van der Waals surface area contributed by atoms with Crippen molar-refractivity contribution in [1.29, 1.82) is 0 Å². The molecule has 0 unspecified atom stereocenters. The first kappa shape index (κ1) is 14.6. The van der Waals surface area contributed by atoms with E-state index in [0.717, 1.165) is 0 Å². The summed E-state index contributed by atoms with van der Waals surface area (Å²) in [5.74, 6) is -0.944. The third-order valence-corrected chi connectivity index (χ3v) is 3.19. The van der Waals surface area contributed by atoms with Crippen LogP contribution in [-0.2, 0) is 6.61 Å². The smallest absolute Gasteiger partial charge is 0.358 e. The Kier molecular flexibility index (Phi) is 4.47. The molecule has 1 aromatic carbocycles. The Labute approximate surface area is 125 Å². The topological polar surface area (TPSA) is 59.4 Å². The van der Waals surface area contributed by atoms with Crippen LogP contribution in [0, 0.1) is 6.92 Å². The van der Waals surface area contributed by atoms with Gasteiger partial charge in [-0.2, -0.15) is 0 Å². The van der Waals surface area contributed by atoms with Crippen LogP contribution in [0.15, 0.2) is 30.3 Å². The first-order valence-corrected chi connectivity index (χ1v) is 6.50. The zero-order valence-electron chi connectivity index (χ0n) is 10.6. The van der Waals surface area contributed by atoms with Crippen LogP contribution in [0.25, 0.3) is 0 Å². The summed E-state index contributed by atoms with van der Waals surface area (Å²) in [5, 5.41) is 10.1. The number of carbonyl (C=O) groups is 1. The average molecular weight is 312 g/mol. The van der Waals surface area contributed by atoms with E-state index in [-0.39, 0.29) is 18.1 Å². The van der Waals surface area contributed by atoms with Crippen molar-refractivity contribution in [1.82, 2.24) is 4.98 Å². The zero-order chi connectivity index (χ0) is 14.7. The molecule has 1 aromatic heterocycles. The van der Waals surface area contributed by atoms with E-state index in [1.165, 1.54) is 0 Å². The molecule has 4 nitrogen and oxygen atoms in total. The average Bonchev–Trinajstić information content (AvgIpc) is 2.40. The van der Waals surface area contributed by atoms with Gasteiger partial charge in [0, 0.05) is 21.3 Å². The molecule has 0 bridgehead atoms. The molecule has 0 aliphatic carbocycles. The summed E-state index contributed by atoms with van der Waals surface area (Å²) in [6.45, 7) is 1.83. The molecule has 2 rings (SSSR count). The molecule has 0 aliphatic rings. The third-order valence-electron chi connectivity index (χ3n) is 2.59. The van der Waals surface area contributed by atoms with Crippen LogP contribution >= 0.6 is 23.2 Å². The number of hydrogen-bond donors (Lipinski definition) is 1. The fourth-order valence-corrected chi connectivity index (χ4v) is 1.99. The SMILES string of the molecule is Cc1ccc(OCc2cc(Cl)ccc2Cl)c(C(=O)O)n1. The Morgan fingerprint density at radius 2 is 2.05 bits per heavy atom. The molecule has 0 spiro atoms. The second-order valence-electron chi connectivity index (χ2n) is 4.13. The fourth-order valence-electron chi connectivity index (χ4n) is 1.62. The van der Waals surface area contributed by atoms with E-state index in [1.54, 1.807) is 37.3 Å². The summed E-state index contributed by atoms with van der Waals surface area (Å²) >= 11 is 11.9. The molecular formula is C14H11Cl2NO3. The largest absolute Gasteiger partial charge is 0.486 e. The van der Waals surface area contributed by atoms with Gasteiger partial charge in [-0.25, -0.2) is 9.78 Å². The minimum Gasteiger partial charge on any atom is -0.486 e. The monoisotopic (exact) mass is 311 g/mol. The number of carboxylic acids is 1. The second kappa shape index (κ2) is 6.11. The van der Waals surface area contributed by atoms with Crippen LogP contribution in [-0.4, -0.2) is 16.1 Å². The predicted octanol–water partition coefficient (Wildman–Crippen LogP) is 3.97. The van der Waals surface area contributed by atoms with Gasteiger partial charge in [-0.05, 0) is 37.3 Å². The highest BCUT2D eigenvalue weighted by Gasteiger charge is 2.14. The maximum atomic E-state index is 11.1. The highest BCUT2D eigenvalue weighted by molar-refractivity contribution is 6.33. The highest BCUT2D eigenvalue weighted by atomic mass is 35.5. The molecule has 1 heterocycles. The van der Waals surface area contributed by atoms with Crippen molar-refractivity contribution in [2.45, 2.75) is 13.5 Å². The lowest BCUT2D eigenvalue weighted by molar-refractivity contribution is 0.0684. The van der Waals surface area contributed by atoms with E-state index in [4.69, 9.17) is 33.0 Å². The van der Waals surface area contributed by atoms with Gasteiger partial charge in [0.1, 0.15) is 6.61 Å². The summed E-state index contributed by atoms with van der Waals surface area (Å²) in [6.07, 6.45) is 0. The van der Waals surface area contributed by atoms with Gasteiger partial charge in [0.25, 0.3) is 0 Å². The molecule has 20 heavy (non-hydrogen) atoms. The summed E-state index contributed by atoms with van der Waals surface area (Å²) < 4.78 is 5.49. The molecule has 0 saturated carbocycles. The van der Waals surface area contributed by atoms with Crippen molar-refractivity contribution in [3.8, 4) is 5.75 Å². The number of halogens is 2. The van der Waals surface area contributed by atoms with E-state index in [9.17, 15) is 4.79 Å². The Morgan fingerprint density at radius 3 is 2.75 bits per heavy atom. The molecule has 0 amide bonds. The number of aryl methyl sites for hydroxylation is 1. The van der Waals surface area contributed by atoms with Gasteiger partial charge in [0.15, 0.2) is 11.4 Å². The Hall–Kier alpha value is -1.78. The molecular weight excluding hydrogens is 301 g/mol. The standard InChI is InChI=1S/C14H11Cl2NO3/c1-8-2-5-12(13(17-8)14(18)19)20-7-9-6-10(15)3-4-11(9)16/h2-6H,7H2,1H3,(H,18,19). The number of pyridine rings is 1. The van der Waals surface area contributed by atoms with Crippen LogP contribution in [0.5, 0.6) is 5.75 Å². The van der Waals surface area contributed by atoms with Crippen LogP contribution in [0.3, 0.4) is 0 Å². The van der Waals surface area contributed by atoms with Gasteiger partial charge in [-0.3, -0.25) is 0 Å². The number of aromatic carboxylic acids is 1. The van der Waals surface area contributed by atoms with Crippen LogP contribution in [0.2, 0.25) is 10.0 Å². The second-order valence-corrected chi connectivity index (χ2v) is 4.97. The van der Waals surface area contributed by atoms with Gasteiger partial charge in [0.05, 0.1) is 0 Å². The quantitative estimate of drug-likeness (QED) is 0.928. The highest BCUT2D eigenvalue weighted by Crippen LogP contribution is 2.24. The number of nitrogens with zero attached hydrogens (tertiary/aromatic N) is 1. The van der Waals surface area contributed by atoms with E-state index in [2.05, 4.69) is 4.98 Å². The lowest BCUT2D eigenvalue weighted by Gasteiger charge is -2.10. The van der Waals surface area contributed by atoms with E-state index in [0.29, 0.717) is 21.3 Å². The van der Waals surface area contributed by atoms with Gasteiger partial charge in [0.2, 0.25) is 0 Å². The predicted molar refractivity (Wildman–Crippen MR) is 76.7 cm³/mol. The lowest BCUT2D eigenvalue weighted by Crippen LogP contribution is -2.07. The lowest BCUT2D eigenvalue weighted by atomic mass is 10.2. The van der Waals surface area contributed by atoms with Gasteiger partial charge < -0.3 is 9.84 Å². The van der Waals surface area contributed by atoms with E-state index < -0.39 is 5.97 Å². The van der Waals surface area contributed by atoms with Crippen molar-refractivity contribution in [2.24, 2.45) is 0 Å². The van der Waals surface area contributed by atoms with Crippen molar-refractivity contribution >= 4 is 29.2 Å². The molecule has 1 N–H and O–H groups in total. The van der Waals surface area contributed by atoms with Gasteiger partial charge in [-0.1, -0.05) is 23.2 Å². The minimum atomic E-state index is -1.14. The summed E-state index contributed by atoms with van der Waals surface area (Å²) in [6, 6.07) is 8.26. The number of rotatable bonds is 4. The van der Waals surface area contributed by atoms with Crippen molar-refractivity contribution in [2.75, 3.05) is 0 Å². The Balaban J connectivity index is 2.23. The molecule has 104 valence electrons. The summed E-state index contributed by atoms with van der Waals surface area (Å²) in [5.41, 5.74) is 1.16. The van der Waals surface area contributed by atoms with E-state index in [1.807, 2.05) is 0 Å². The van der Waals surface area contributed by atoms with Crippen molar-refractivity contribution in [3.63, 3.8) is 0 Å². The number of hydrogen-bond acceptors (Lipinski definition) is 3. The molecule has 0 aliphatic heterocycles. The van der Waals surface area contributed by atoms with E-state index >= 15 is 0 Å². The minimum absolute atomic E-state index is 0.115. The maximum Gasteiger partial charge on any atom is 0.358 e. The number of aromatic nitrogens is 1. The first-order chi connectivity index (χ1) is 9.47. The molecule has 0 atom stereocenters. The Morgan fingerprint density at radius 1 is 1.30 bits per heavy atom. The Bertz CT molecular complexity index is 659. The first-order valence-electron chi connectivity index (χ1n) is 5.75. The van der Waals surface area contributed by atoms with Gasteiger partial charge in [-0.15, -0.1) is 0 Å². The molecule has 0 saturated heterocycles. The molecule has 6 heteroatoms. The molecule has 2 aromatic rings. The number of benzene rings is 1. The summed E-state index contributed by atoms with van der Waals surface area (Å²) in [4.78, 5) is 15.1. The summed E-state index contributed by atoms with van der Waals surface area (Å²) in [7, 11) is 0. The molecule has 0 radical (unpaired) electrons. The van der Waals surface area contributed by atoms with Crippen LogP contribution < -0.4 is 4.74 Å².